The summed E-state index contributed by atoms with van der Waals surface area (Å²) in [5.41, 5.74) is 3.42. The topological polar surface area (TPSA) is 9.23 Å². The van der Waals surface area contributed by atoms with Crippen LogP contribution in [0.3, 0.4) is 0 Å². The van der Waals surface area contributed by atoms with Crippen LogP contribution in [0.4, 0.5) is 0 Å². The standard InChI is InChI=1S/C21H15ClOSe/c1-23-13-12-15-14(7-5-10-19(15)22)17-8-4-9-18-16-6-2-3-11-20(16)24-21(17)18/h2-13H,1H3/b13-12+. The summed E-state index contributed by atoms with van der Waals surface area (Å²) in [6.45, 7) is 0. The van der Waals surface area contributed by atoms with Crippen molar-refractivity contribution in [3.63, 3.8) is 0 Å². The Labute approximate surface area is 151 Å². The summed E-state index contributed by atoms with van der Waals surface area (Å²) in [4.78, 5) is 0. The van der Waals surface area contributed by atoms with E-state index in [1.165, 1.54) is 24.9 Å². The molecule has 0 saturated heterocycles. The van der Waals surface area contributed by atoms with Gasteiger partial charge in [0, 0.05) is 0 Å². The van der Waals surface area contributed by atoms with E-state index in [0.29, 0.717) is 14.5 Å². The van der Waals surface area contributed by atoms with Crippen LogP contribution in [0.5, 0.6) is 0 Å². The second kappa shape index (κ2) is 6.49. The molecule has 0 atom stereocenters. The maximum absolute atomic E-state index is 6.45. The van der Waals surface area contributed by atoms with Crippen LogP contribution in [0.2, 0.25) is 5.02 Å². The van der Waals surface area contributed by atoms with Gasteiger partial charge in [-0.25, -0.2) is 0 Å². The summed E-state index contributed by atoms with van der Waals surface area (Å²) >= 11 is 6.77. The molecule has 0 bridgehead atoms. The van der Waals surface area contributed by atoms with Crippen LogP contribution in [0.1, 0.15) is 5.56 Å². The van der Waals surface area contributed by atoms with Gasteiger partial charge in [0.15, 0.2) is 0 Å². The van der Waals surface area contributed by atoms with Crippen LogP contribution >= 0.6 is 11.6 Å². The molecule has 1 heterocycles. The fraction of sp³-hybridized carbons (Fsp3) is 0.0476. The molecule has 0 unspecified atom stereocenters. The molecular weight excluding hydrogens is 383 g/mol. The summed E-state index contributed by atoms with van der Waals surface area (Å²) < 4.78 is 7.98. The quantitative estimate of drug-likeness (QED) is 0.305. The molecule has 3 heteroatoms. The Hall–Kier alpha value is -1.99. The van der Waals surface area contributed by atoms with Crippen molar-refractivity contribution < 1.29 is 4.74 Å². The minimum atomic E-state index is 0.313. The third-order valence-corrected chi connectivity index (χ3v) is 7.01. The van der Waals surface area contributed by atoms with E-state index >= 15 is 0 Å². The molecule has 0 N–H and O–H groups in total. The van der Waals surface area contributed by atoms with Crippen LogP contribution in [-0.2, 0) is 4.74 Å². The van der Waals surface area contributed by atoms with E-state index in [-0.39, 0.29) is 0 Å². The van der Waals surface area contributed by atoms with E-state index in [4.69, 9.17) is 16.3 Å². The van der Waals surface area contributed by atoms with Crippen LogP contribution in [-0.4, -0.2) is 21.6 Å². The van der Waals surface area contributed by atoms with Gasteiger partial charge in [-0.3, -0.25) is 0 Å². The number of ether oxygens (including phenoxy) is 1. The van der Waals surface area contributed by atoms with Gasteiger partial charge in [-0.1, -0.05) is 0 Å². The molecule has 0 aliphatic rings. The summed E-state index contributed by atoms with van der Waals surface area (Å²) in [5, 5.41) is 3.46. The molecule has 0 aliphatic carbocycles. The molecule has 24 heavy (non-hydrogen) atoms. The van der Waals surface area contributed by atoms with E-state index in [1.54, 1.807) is 13.4 Å². The average molecular weight is 398 g/mol. The third-order valence-electron chi connectivity index (χ3n) is 4.12. The van der Waals surface area contributed by atoms with E-state index in [1.807, 2.05) is 18.2 Å². The first-order valence-corrected chi connectivity index (χ1v) is 9.77. The molecule has 0 saturated carbocycles. The minimum absolute atomic E-state index is 0.313. The van der Waals surface area contributed by atoms with Crippen molar-refractivity contribution >= 4 is 51.5 Å². The molecule has 118 valence electrons. The van der Waals surface area contributed by atoms with Gasteiger partial charge in [-0.2, -0.15) is 0 Å². The Morgan fingerprint density at radius 1 is 0.875 bits per heavy atom. The van der Waals surface area contributed by atoms with Crippen molar-refractivity contribution in [3.8, 4) is 11.1 Å². The molecule has 1 aromatic heterocycles. The number of hydrogen-bond acceptors (Lipinski definition) is 1. The first kappa shape index (κ1) is 15.5. The summed E-state index contributed by atoms with van der Waals surface area (Å²) in [7, 11) is 1.65. The number of benzene rings is 3. The second-order valence-corrected chi connectivity index (χ2v) is 8.13. The van der Waals surface area contributed by atoms with Gasteiger partial charge in [0.25, 0.3) is 0 Å². The SMILES string of the molecule is CO/C=C/c1c(Cl)cccc1-c1cccc2c1[se]c1ccccc12. The zero-order valence-electron chi connectivity index (χ0n) is 13.1. The third kappa shape index (κ3) is 2.57. The molecule has 0 fully saturated rings. The molecule has 4 aromatic rings. The predicted molar refractivity (Wildman–Crippen MR) is 105 cm³/mol. The van der Waals surface area contributed by atoms with Crippen molar-refractivity contribution in [2.24, 2.45) is 0 Å². The Morgan fingerprint density at radius 3 is 2.50 bits per heavy atom. The molecule has 0 spiro atoms. The molecular formula is C21H15ClOSe. The normalized spacial score (nSPS) is 11.6. The van der Waals surface area contributed by atoms with Gasteiger partial charge in [-0.05, 0) is 0 Å². The number of halogens is 1. The summed E-state index contributed by atoms with van der Waals surface area (Å²) in [6.07, 6.45) is 3.61. The molecule has 4 rings (SSSR count). The fourth-order valence-electron chi connectivity index (χ4n) is 3.04. The molecule has 0 aliphatic heterocycles. The van der Waals surface area contributed by atoms with E-state index in [0.717, 1.165) is 16.1 Å². The molecule has 0 radical (unpaired) electrons. The zero-order valence-corrected chi connectivity index (χ0v) is 15.6. The van der Waals surface area contributed by atoms with Crippen LogP contribution in [0.25, 0.3) is 36.5 Å². The van der Waals surface area contributed by atoms with Gasteiger partial charge in [0.2, 0.25) is 0 Å². The van der Waals surface area contributed by atoms with E-state index in [9.17, 15) is 0 Å². The number of fused-ring (bicyclic) bond motifs is 3. The number of rotatable bonds is 3. The second-order valence-electron chi connectivity index (χ2n) is 5.52. The van der Waals surface area contributed by atoms with Gasteiger partial charge in [0.05, 0.1) is 0 Å². The molecule has 0 amide bonds. The first-order chi connectivity index (χ1) is 11.8. The zero-order chi connectivity index (χ0) is 16.5. The predicted octanol–water partition coefficient (Wildman–Crippen LogP) is 5.99. The number of methoxy groups -OCH3 is 1. The number of hydrogen-bond donors (Lipinski definition) is 0. The maximum atomic E-state index is 6.45. The Morgan fingerprint density at radius 2 is 1.62 bits per heavy atom. The van der Waals surface area contributed by atoms with Crippen molar-refractivity contribution in [2.75, 3.05) is 7.11 Å². The Kier molecular flexibility index (Phi) is 4.20. The van der Waals surface area contributed by atoms with Crippen LogP contribution in [0, 0.1) is 0 Å². The van der Waals surface area contributed by atoms with Crippen molar-refractivity contribution in [2.45, 2.75) is 0 Å². The Bertz CT molecular complexity index is 1060. The van der Waals surface area contributed by atoms with Gasteiger partial charge in [0.1, 0.15) is 0 Å². The fourth-order valence-corrected chi connectivity index (χ4v) is 5.86. The van der Waals surface area contributed by atoms with Gasteiger partial charge in [-0.15, -0.1) is 0 Å². The van der Waals surface area contributed by atoms with Crippen molar-refractivity contribution in [3.05, 3.63) is 77.5 Å². The van der Waals surface area contributed by atoms with Crippen molar-refractivity contribution in [1.29, 1.82) is 0 Å². The molecule has 3 aromatic carbocycles. The van der Waals surface area contributed by atoms with Crippen molar-refractivity contribution in [1.82, 2.24) is 0 Å². The van der Waals surface area contributed by atoms with E-state index < -0.39 is 0 Å². The van der Waals surface area contributed by atoms with Crippen LogP contribution in [0.15, 0.2) is 66.9 Å². The Balaban J connectivity index is 2.04. The van der Waals surface area contributed by atoms with Gasteiger partial charge < -0.3 is 0 Å². The van der Waals surface area contributed by atoms with E-state index in [2.05, 4.69) is 48.5 Å². The summed E-state index contributed by atoms with van der Waals surface area (Å²) in [6, 6.07) is 21.3. The average Bonchev–Trinajstić information content (AvgIpc) is 2.99. The first-order valence-electron chi connectivity index (χ1n) is 7.68. The summed E-state index contributed by atoms with van der Waals surface area (Å²) in [5.74, 6) is 0. The molecule has 1 nitrogen and oxygen atoms in total. The monoisotopic (exact) mass is 398 g/mol. The van der Waals surface area contributed by atoms with Gasteiger partial charge >= 0.3 is 152 Å². The van der Waals surface area contributed by atoms with Crippen LogP contribution < -0.4 is 0 Å².